The summed E-state index contributed by atoms with van der Waals surface area (Å²) in [5, 5.41) is 5.44. The lowest BCUT2D eigenvalue weighted by molar-refractivity contribution is 0.600. The smallest absolute Gasteiger partial charge is 0.238 e. The van der Waals surface area contributed by atoms with Crippen molar-refractivity contribution in [3.05, 3.63) is 47.0 Å². The molecule has 0 saturated carbocycles. The Morgan fingerprint density at radius 3 is 2.81 bits per heavy atom. The molecule has 2 rings (SSSR count). The van der Waals surface area contributed by atoms with Gasteiger partial charge in [-0.05, 0) is 24.1 Å². The fourth-order valence-corrected chi connectivity index (χ4v) is 3.86. The van der Waals surface area contributed by atoms with Crippen LogP contribution in [0.5, 0.6) is 0 Å². The Balaban J connectivity index is 2.00. The van der Waals surface area contributed by atoms with Crippen LogP contribution in [-0.2, 0) is 22.3 Å². The minimum Gasteiger partial charge on any atom is -0.313 e. The number of rotatable bonds is 8. The van der Waals surface area contributed by atoms with Crippen LogP contribution < -0.4 is 10.0 Å². The van der Waals surface area contributed by atoms with Crippen LogP contribution in [0.1, 0.15) is 24.5 Å². The zero-order valence-corrected chi connectivity index (χ0v) is 13.5. The number of hydrogen-bond acceptors (Lipinski definition) is 5. The van der Waals surface area contributed by atoms with Crippen LogP contribution in [0, 0.1) is 0 Å². The highest BCUT2D eigenvalue weighted by atomic mass is 32.2. The maximum absolute atomic E-state index is 12.1. The van der Waals surface area contributed by atoms with E-state index in [1.54, 1.807) is 11.6 Å². The second-order valence-electron chi connectivity index (χ2n) is 4.70. The number of anilines is 1. The molecule has 2 aromatic rings. The molecule has 0 aliphatic heterocycles. The van der Waals surface area contributed by atoms with E-state index < -0.39 is 10.0 Å². The van der Waals surface area contributed by atoms with E-state index in [2.05, 4.69) is 21.9 Å². The van der Waals surface area contributed by atoms with E-state index >= 15 is 0 Å². The van der Waals surface area contributed by atoms with Crippen molar-refractivity contribution < 1.29 is 8.42 Å². The van der Waals surface area contributed by atoms with Crippen LogP contribution in [0.15, 0.2) is 35.8 Å². The molecule has 0 fully saturated rings. The van der Waals surface area contributed by atoms with Crippen molar-refractivity contribution in [2.45, 2.75) is 25.6 Å². The Morgan fingerprint density at radius 2 is 2.10 bits per heavy atom. The van der Waals surface area contributed by atoms with Crippen LogP contribution in [0.2, 0.25) is 0 Å². The lowest BCUT2D eigenvalue weighted by Gasteiger charge is -2.08. The predicted octanol–water partition coefficient (Wildman–Crippen LogP) is 2.58. The maximum atomic E-state index is 12.1. The highest BCUT2D eigenvalue weighted by Crippen LogP contribution is 2.15. The van der Waals surface area contributed by atoms with Crippen LogP contribution in [0.3, 0.4) is 0 Å². The number of thiazole rings is 1. The van der Waals surface area contributed by atoms with Crippen LogP contribution >= 0.6 is 11.3 Å². The maximum Gasteiger partial charge on any atom is 0.238 e. The van der Waals surface area contributed by atoms with Crippen LogP contribution in [0.25, 0.3) is 0 Å². The SMILES string of the molecule is CCCNCc1cccc(CS(=O)(=O)Nc2nccs2)c1. The van der Waals surface area contributed by atoms with Crippen molar-refractivity contribution in [3.8, 4) is 0 Å². The molecule has 0 radical (unpaired) electrons. The van der Waals surface area contributed by atoms with Gasteiger partial charge in [0.1, 0.15) is 0 Å². The van der Waals surface area contributed by atoms with Crippen molar-refractivity contribution in [1.82, 2.24) is 10.3 Å². The number of benzene rings is 1. The summed E-state index contributed by atoms with van der Waals surface area (Å²) in [5.74, 6) is -0.0474. The molecular weight excluding hydrogens is 306 g/mol. The summed E-state index contributed by atoms with van der Waals surface area (Å²) in [6.45, 7) is 3.82. The standard InChI is InChI=1S/C14H19N3O2S2/c1-2-6-15-10-12-4-3-5-13(9-12)11-21(18,19)17-14-16-7-8-20-14/h3-5,7-9,15H,2,6,10-11H2,1H3,(H,16,17). The molecule has 5 nitrogen and oxygen atoms in total. The second-order valence-corrected chi connectivity index (χ2v) is 7.31. The van der Waals surface area contributed by atoms with Crippen molar-refractivity contribution in [3.63, 3.8) is 0 Å². The van der Waals surface area contributed by atoms with Gasteiger partial charge in [-0.15, -0.1) is 11.3 Å². The summed E-state index contributed by atoms with van der Waals surface area (Å²) >= 11 is 1.27. The van der Waals surface area contributed by atoms with Gasteiger partial charge in [0.2, 0.25) is 10.0 Å². The van der Waals surface area contributed by atoms with Gasteiger partial charge in [0, 0.05) is 18.1 Å². The van der Waals surface area contributed by atoms with Crippen molar-refractivity contribution in [1.29, 1.82) is 0 Å². The number of hydrogen-bond donors (Lipinski definition) is 2. The highest BCUT2D eigenvalue weighted by Gasteiger charge is 2.13. The van der Waals surface area contributed by atoms with Gasteiger partial charge in [-0.1, -0.05) is 31.2 Å². The average molecular weight is 325 g/mol. The summed E-state index contributed by atoms with van der Waals surface area (Å²) < 4.78 is 26.6. The largest absolute Gasteiger partial charge is 0.313 e. The van der Waals surface area contributed by atoms with E-state index in [0.29, 0.717) is 5.13 Å². The Labute approximate surface area is 129 Å². The molecule has 7 heteroatoms. The summed E-state index contributed by atoms with van der Waals surface area (Å²) in [5.41, 5.74) is 1.86. The van der Waals surface area contributed by atoms with Gasteiger partial charge in [-0.2, -0.15) is 0 Å². The van der Waals surface area contributed by atoms with Gasteiger partial charge in [-0.25, -0.2) is 13.4 Å². The molecule has 1 heterocycles. The lowest BCUT2D eigenvalue weighted by atomic mass is 10.1. The Bertz CT molecular complexity index is 655. The van der Waals surface area contributed by atoms with Crippen LogP contribution in [0.4, 0.5) is 5.13 Å². The quantitative estimate of drug-likeness (QED) is 0.732. The first-order chi connectivity index (χ1) is 10.1. The van der Waals surface area contributed by atoms with Gasteiger partial charge in [-0.3, -0.25) is 4.72 Å². The molecule has 1 aromatic heterocycles. The molecule has 114 valence electrons. The predicted molar refractivity (Wildman–Crippen MR) is 86.8 cm³/mol. The number of nitrogens with one attached hydrogen (secondary N) is 2. The number of sulfonamides is 1. The Kier molecular flexibility index (Phi) is 5.72. The van der Waals surface area contributed by atoms with E-state index in [-0.39, 0.29) is 5.75 Å². The first-order valence-corrected chi connectivity index (χ1v) is 9.31. The highest BCUT2D eigenvalue weighted by molar-refractivity contribution is 7.92. The minimum absolute atomic E-state index is 0.0474. The summed E-state index contributed by atoms with van der Waals surface area (Å²) in [4.78, 5) is 3.93. The monoisotopic (exact) mass is 325 g/mol. The number of nitrogens with zero attached hydrogens (tertiary/aromatic N) is 1. The van der Waals surface area contributed by atoms with Gasteiger partial charge < -0.3 is 5.32 Å². The van der Waals surface area contributed by atoms with E-state index in [0.717, 1.165) is 30.6 Å². The first-order valence-electron chi connectivity index (χ1n) is 6.77. The minimum atomic E-state index is -3.42. The van der Waals surface area contributed by atoms with Gasteiger partial charge in [0.15, 0.2) is 5.13 Å². The lowest BCUT2D eigenvalue weighted by Crippen LogP contribution is -2.16. The molecule has 0 bridgehead atoms. The van der Waals surface area contributed by atoms with Crippen LogP contribution in [-0.4, -0.2) is 19.9 Å². The van der Waals surface area contributed by atoms with Gasteiger partial charge >= 0.3 is 0 Å². The third-order valence-electron chi connectivity index (χ3n) is 2.78. The van der Waals surface area contributed by atoms with Crippen molar-refractivity contribution >= 4 is 26.5 Å². The zero-order valence-electron chi connectivity index (χ0n) is 11.9. The third kappa shape index (κ3) is 5.45. The normalized spacial score (nSPS) is 11.5. The molecular formula is C14H19N3O2S2. The molecule has 0 aliphatic rings. The molecule has 0 unspecified atom stereocenters. The molecule has 0 amide bonds. The van der Waals surface area contributed by atoms with Gasteiger partial charge in [0.05, 0.1) is 5.75 Å². The van der Waals surface area contributed by atoms with Crippen molar-refractivity contribution in [2.75, 3.05) is 11.3 Å². The Hall–Kier alpha value is -1.44. The molecule has 1 aromatic carbocycles. The summed E-state index contributed by atoms with van der Waals surface area (Å²) in [6.07, 6.45) is 2.65. The van der Waals surface area contributed by atoms with E-state index in [1.165, 1.54) is 11.3 Å². The summed E-state index contributed by atoms with van der Waals surface area (Å²) in [7, 11) is -3.42. The fourth-order valence-electron chi connectivity index (χ4n) is 1.90. The topological polar surface area (TPSA) is 71.1 Å². The summed E-state index contributed by atoms with van der Waals surface area (Å²) in [6, 6.07) is 7.62. The first kappa shape index (κ1) is 15.9. The molecule has 21 heavy (non-hydrogen) atoms. The zero-order chi connectivity index (χ0) is 15.1. The average Bonchev–Trinajstić information content (AvgIpc) is 2.91. The molecule has 2 N–H and O–H groups in total. The molecule has 0 spiro atoms. The molecule has 0 saturated heterocycles. The third-order valence-corrected chi connectivity index (χ3v) is 4.81. The van der Waals surface area contributed by atoms with Crippen molar-refractivity contribution in [2.24, 2.45) is 0 Å². The van der Waals surface area contributed by atoms with E-state index in [4.69, 9.17) is 0 Å². The number of aromatic nitrogens is 1. The molecule has 0 aliphatic carbocycles. The fraction of sp³-hybridized carbons (Fsp3) is 0.357. The second kappa shape index (κ2) is 7.53. The van der Waals surface area contributed by atoms with Gasteiger partial charge in [0.25, 0.3) is 0 Å². The molecule has 0 atom stereocenters. The van der Waals surface area contributed by atoms with E-state index in [1.807, 2.05) is 24.3 Å². The van der Waals surface area contributed by atoms with E-state index in [9.17, 15) is 8.42 Å². The Morgan fingerprint density at radius 1 is 1.29 bits per heavy atom.